The van der Waals surface area contributed by atoms with Gasteiger partial charge >= 0.3 is 0 Å². The van der Waals surface area contributed by atoms with Crippen LogP contribution in [0, 0.1) is 0 Å². The number of nitrogens with zero attached hydrogens (tertiary/aromatic N) is 2. The number of rotatable bonds is 6. The minimum Gasteiger partial charge on any atom is -0.375 e. The predicted molar refractivity (Wildman–Crippen MR) is 57.1 cm³/mol. The van der Waals surface area contributed by atoms with Crippen LogP contribution in [0.2, 0.25) is 5.15 Å². The quantitative estimate of drug-likeness (QED) is 0.796. The van der Waals surface area contributed by atoms with Gasteiger partial charge in [-0.3, -0.25) is 9.78 Å². The molecular formula is C9H10ClF2N3O2. The summed E-state index contributed by atoms with van der Waals surface area (Å²) in [6, 6.07) is 0. The van der Waals surface area contributed by atoms with E-state index in [0.717, 1.165) is 0 Å². The molecular weight excluding hydrogens is 256 g/mol. The Morgan fingerprint density at radius 3 is 2.94 bits per heavy atom. The molecule has 0 spiro atoms. The first-order valence-electron chi connectivity index (χ1n) is 4.71. The summed E-state index contributed by atoms with van der Waals surface area (Å²) in [7, 11) is 0. The molecule has 0 aliphatic carbocycles. The maximum absolute atomic E-state index is 11.7. The van der Waals surface area contributed by atoms with Crippen molar-refractivity contribution in [1.82, 2.24) is 9.97 Å². The van der Waals surface area contributed by atoms with E-state index < -0.39 is 18.9 Å². The van der Waals surface area contributed by atoms with E-state index >= 15 is 0 Å². The maximum atomic E-state index is 11.7. The SMILES string of the molecule is O=C(CCOCC(F)F)Nc1cncc(Cl)n1. The van der Waals surface area contributed by atoms with Crippen LogP contribution in [0.25, 0.3) is 0 Å². The number of carbonyl (C=O) groups excluding carboxylic acids is 1. The standard InChI is InChI=1S/C9H10ClF2N3O2/c10-6-3-13-4-8(14-6)15-9(16)1-2-17-5-7(11)12/h3-4,7H,1-2,5H2,(H,14,15,16). The van der Waals surface area contributed by atoms with Gasteiger partial charge < -0.3 is 10.1 Å². The summed E-state index contributed by atoms with van der Waals surface area (Å²) in [6.45, 7) is -0.756. The van der Waals surface area contributed by atoms with E-state index in [0.29, 0.717) is 0 Å². The number of hydrogen-bond donors (Lipinski definition) is 1. The second-order valence-electron chi connectivity index (χ2n) is 2.99. The van der Waals surface area contributed by atoms with Crippen LogP contribution in [0.5, 0.6) is 0 Å². The second kappa shape index (κ2) is 7.08. The lowest BCUT2D eigenvalue weighted by Gasteiger charge is -2.05. The van der Waals surface area contributed by atoms with Crippen molar-refractivity contribution in [2.24, 2.45) is 0 Å². The van der Waals surface area contributed by atoms with Crippen molar-refractivity contribution in [2.75, 3.05) is 18.5 Å². The van der Waals surface area contributed by atoms with E-state index in [1.165, 1.54) is 12.4 Å². The lowest BCUT2D eigenvalue weighted by molar-refractivity contribution is -0.117. The lowest BCUT2D eigenvalue weighted by atomic mass is 10.4. The molecule has 0 saturated heterocycles. The molecule has 8 heteroatoms. The van der Waals surface area contributed by atoms with Crippen molar-refractivity contribution in [3.63, 3.8) is 0 Å². The third-order valence-electron chi connectivity index (χ3n) is 1.59. The number of nitrogens with one attached hydrogen (secondary N) is 1. The lowest BCUT2D eigenvalue weighted by Crippen LogP contribution is -2.16. The molecule has 1 aromatic heterocycles. The fourth-order valence-electron chi connectivity index (χ4n) is 0.945. The van der Waals surface area contributed by atoms with Gasteiger partial charge in [0.2, 0.25) is 5.91 Å². The monoisotopic (exact) mass is 265 g/mol. The molecule has 17 heavy (non-hydrogen) atoms. The summed E-state index contributed by atoms with van der Waals surface area (Å²) in [5.74, 6) is -0.202. The first-order valence-corrected chi connectivity index (χ1v) is 5.09. The zero-order valence-electron chi connectivity index (χ0n) is 8.70. The molecule has 0 radical (unpaired) electrons. The molecule has 0 saturated carbocycles. The number of amides is 1. The van der Waals surface area contributed by atoms with Crippen LogP contribution in [-0.4, -0.2) is 35.5 Å². The Morgan fingerprint density at radius 1 is 1.53 bits per heavy atom. The van der Waals surface area contributed by atoms with Crippen LogP contribution < -0.4 is 5.32 Å². The minimum atomic E-state index is -2.53. The van der Waals surface area contributed by atoms with Gasteiger partial charge in [-0.05, 0) is 0 Å². The van der Waals surface area contributed by atoms with Crippen LogP contribution in [0.15, 0.2) is 12.4 Å². The summed E-state index contributed by atoms with van der Waals surface area (Å²) in [6.07, 6.45) is 0.0741. The van der Waals surface area contributed by atoms with Gasteiger partial charge in [0.1, 0.15) is 11.8 Å². The first kappa shape index (κ1) is 13.7. The number of aromatic nitrogens is 2. The maximum Gasteiger partial charge on any atom is 0.261 e. The van der Waals surface area contributed by atoms with Crippen molar-refractivity contribution in [3.8, 4) is 0 Å². The molecule has 5 nitrogen and oxygen atoms in total. The summed E-state index contributed by atoms with van der Waals surface area (Å²) in [4.78, 5) is 18.8. The van der Waals surface area contributed by atoms with Crippen LogP contribution in [0.3, 0.4) is 0 Å². The predicted octanol–water partition coefficient (Wildman–Crippen LogP) is 1.74. The molecule has 0 unspecified atom stereocenters. The Hall–Kier alpha value is -1.34. The Balaban J connectivity index is 2.25. The Morgan fingerprint density at radius 2 is 2.29 bits per heavy atom. The third-order valence-corrected chi connectivity index (χ3v) is 1.77. The number of hydrogen-bond acceptors (Lipinski definition) is 4. The Bertz CT molecular complexity index is 379. The van der Waals surface area contributed by atoms with Crippen molar-refractivity contribution in [3.05, 3.63) is 17.5 Å². The summed E-state index contributed by atoms with van der Waals surface area (Å²) >= 11 is 5.56. The molecule has 0 fully saturated rings. The second-order valence-corrected chi connectivity index (χ2v) is 3.38. The summed E-state index contributed by atoms with van der Waals surface area (Å²) in [5, 5.41) is 2.56. The van der Waals surface area contributed by atoms with Gasteiger partial charge in [-0.15, -0.1) is 0 Å². The highest BCUT2D eigenvalue weighted by Gasteiger charge is 2.06. The third kappa shape index (κ3) is 6.08. The Kier molecular flexibility index (Phi) is 5.71. The Labute approximate surface area is 101 Å². The van der Waals surface area contributed by atoms with Crippen molar-refractivity contribution in [2.45, 2.75) is 12.8 Å². The molecule has 1 heterocycles. The topological polar surface area (TPSA) is 64.1 Å². The van der Waals surface area contributed by atoms with E-state index in [4.69, 9.17) is 11.6 Å². The fraction of sp³-hybridized carbons (Fsp3) is 0.444. The van der Waals surface area contributed by atoms with E-state index in [-0.39, 0.29) is 24.0 Å². The largest absolute Gasteiger partial charge is 0.375 e. The molecule has 94 valence electrons. The molecule has 1 N–H and O–H groups in total. The zero-order valence-corrected chi connectivity index (χ0v) is 9.45. The van der Waals surface area contributed by atoms with Crippen LogP contribution >= 0.6 is 11.6 Å². The number of anilines is 1. The van der Waals surface area contributed by atoms with E-state index in [1.54, 1.807) is 0 Å². The molecule has 1 rings (SSSR count). The highest BCUT2D eigenvalue weighted by molar-refractivity contribution is 6.29. The van der Waals surface area contributed by atoms with E-state index in [9.17, 15) is 13.6 Å². The normalized spacial score (nSPS) is 10.6. The summed E-state index contributed by atoms with van der Waals surface area (Å²) < 4.78 is 27.9. The highest BCUT2D eigenvalue weighted by atomic mass is 35.5. The van der Waals surface area contributed by atoms with Crippen molar-refractivity contribution in [1.29, 1.82) is 0 Å². The smallest absolute Gasteiger partial charge is 0.261 e. The molecule has 0 aliphatic rings. The van der Waals surface area contributed by atoms with Gasteiger partial charge in [-0.2, -0.15) is 0 Å². The van der Waals surface area contributed by atoms with Gasteiger partial charge in [-0.1, -0.05) is 11.6 Å². The van der Waals surface area contributed by atoms with Crippen molar-refractivity contribution < 1.29 is 18.3 Å². The first-order chi connectivity index (χ1) is 8.08. The average Bonchev–Trinajstić information content (AvgIpc) is 2.24. The van der Waals surface area contributed by atoms with Gasteiger partial charge in [0.15, 0.2) is 5.82 Å². The van der Waals surface area contributed by atoms with Crippen molar-refractivity contribution >= 4 is 23.3 Å². The summed E-state index contributed by atoms with van der Waals surface area (Å²) in [5.41, 5.74) is 0. The highest BCUT2D eigenvalue weighted by Crippen LogP contribution is 2.06. The van der Waals surface area contributed by atoms with Crippen LogP contribution in [0.4, 0.5) is 14.6 Å². The number of carbonyl (C=O) groups is 1. The number of alkyl halides is 2. The zero-order chi connectivity index (χ0) is 12.7. The molecule has 1 amide bonds. The van der Waals surface area contributed by atoms with Gasteiger partial charge in [0.05, 0.1) is 25.4 Å². The minimum absolute atomic E-state index is 0.0408. The van der Waals surface area contributed by atoms with Gasteiger partial charge in [0, 0.05) is 0 Å². The molecule has 0 aromatic carbocycles. The molecule has 0 bridgehead atoms. The number of ether oxygens (including phenoxy) is 1. The molecule has 1 aromatic rings. The van der Waals surface area contributed by atoms with Gasteiger partial charge in [-0.25, -0.2) is 13.8 Å². The average molecular weight is 266 g/mol. The fourth-order valence-corrected chi connectivity index (χ4v) is 1.09. The molecule has 0 atom stereocenters. The van der Waals surface area contributed by atoms with Crippen LogP contribution in [-0.2, 0) is 9.53 Å². The van der Waals surface area contributed by atoms with E-state index in [1.807, 2.05) is 0 Å². The van der Waals surface area contributed by atoms with Gasteiger partial charge in [0.25, 0.3) is 6.43 Å². The van der Waals surface area contributed by atoms with E-state index in [2.05, 4.69) is 20.0 Å². The number of halogens is 3. The van der Waals surface area contributed by atoms with Crippen LogP contribution in [0.1, 0.15) is 6.42 Å². The molecule has 0 aliphatic heterocycles.